The van der Waals surface area contributed by atoms with Crippen LogP contribution in [0, 0.1) is 0 Å². The SMILES string of the molecule is C[C@H]1O[C@@H](Oc2c[nH]c3ccc(Br)c(Cl)c23)[C@@H](O)[C@@H](O)[C@@H]1O. The molecule has 3 rings (SSSR count). The van der Waals surface area contributed by atoms with E-state index in [4.69, 9.17) is 21.1 Å². The van der Waals surface area contributed by atoms with Crippen molar-refractivity contribution in [3.8, 4) is 5.75 Å². The Morgan fingerprint density at radius 2 is 1.95 bits per heavy atom. The minimum absolute atomic E-state index is 0.390. The largest absolute Gasteiger partial charge is 0.460 e. The molecule has 1 saturated heterocycles. The van der Waals surface area contributed by atoms with Gasteiger partial charge in [-0.25, -0.2) is 0 Å². The molecular formula is C14H15BrClNO5. The number of H-pyrrole nitrogens is 1. The molecule has 1 aliphatic heterocycles. The molecule has 1 aliphatic rings. The zero-order valence-corrected chi connectivity index (χ0v) is 13.9. The molecule has 0 bridgehead atoms. The Kier molecular flexibility index (Phi) is 4.37. The summed E-state index contributed by atoms with van der Waals surface area (Å²) >= 11 is 9.61. The molecule has 0 unspecified atom stereocenters. The lowest BCUT2D eigenvalue weighted by molar-refractivity contribution is -0.267. The van der Waals surface area contributed by atoms with Gasteiger partial charge in [-0.3, -0.25) is 0 Å². The van der Waals surface area contributed by atoms with Gasteiger partial charge >= 0.3 is 0 Å². The van der Waals surface area contributed by atoms with E-state index in [9.17, 15) is 15.3 Å². The number of fused-ring (bicyclic) bond motifs is 1. The van der Waals surface area contributed by atoms with Crippen LogP contribution in [0.15, 0.2) is 22.8 Å². The van der Waals surface area contributed by atoms with Crippen LogP contribution in [0.5, 0.6) is 5.75 Å². The summed E-state index contributed by atoms with van der Waals surface area (Å²) in [7, 11) is 0. The number of aliphatic hydroxyl groups is 3. The molecule has 22 heavy (non-hydrogen) atoms. The fourth-order valence-electron chi connectivity index (χ4n) is 2.46. The van der Waals surface area contributed by atoms with Crippen LogP contribution in [-0.4, -0.2) is 51.0 Å². The van der Waals surface area contributed by atoms with Gasteiger partial charge < -0.3 is 29.8 Å². The van der Waals surface area contributed by atoms with Gasteiger partial charge in [0.15, 0.2) is 0 Å². The zero-order chi connectivity index (χ0) is 16.0. The van der Waals surface area contributed by atoms with E-state index in [0.717, 1.165) is 5.52 Å². The highest BCUT2D eigenvalue weighted by atomic mass is 79.9. The molecule has 4 N–H and O–H groups in total. The number of hydrogen-bond donors (Lipinski definition) is 4. The van der Waals surface area contributed by atoms with Crippen molar-refractivity contribution in [1.29, 1.82) is 0 Å². The molecule has 2 aromatic rings. The van der Waals surface area contributed by atoms with Crippen molar-refractivity contribution in [2.45, 2.75) is 37.6 Å². The predicted molar refractivity (Wildman–Crippen MR) is 84.0 cm³/mol. The summed E-state index contributed by atoms with van der Waals surface area (Å²) < 4.78 is 11.8. The predicted octanol–water partition coefficient (Wildman–Crippen LogP) is 1.79. The monoisotopic (exact) mass is 391 g/mol. The first-order valence-electron chi connectivity index (χ1n) is 6.71. The van der Waals surface area contributed by atoms with E-state index < -0.39 is 30.7 Å². The fraction of sp³-hybridized carbons (Fsp3) is 0.429. The lowest BCUT2D eigenvalue weighted by atomic mass is 10.00. The first kappa shape index (κ1) is 16.0. The third kappa shape index (κ3) is 2.62. The summed E-state index contributed by atoms with van der Waals surface area (Å²) in [6, 6.07) is 3.64. The molecule has 1 aromatic heterocycles. The maximum atomic E-state index is 10.0. The second-order valence-electron chi connectivity index (χ2n) is 5.24. The van der Waals surface area contributed by atoms with Gasteiger partial charge in [0.05, 0.1) is 22.0 Å². The van der Waals surface area contributed by atoms with Gasteiger partial charge in [0.1, 0.15) is 24.1 Å². The van der Waals surface area contributed by atoms with Gasteiger partial charge in [-0.2, -0.15) is 0 Å². The van der Waals surface area contributed by atoms with Crippen LogP contribution >= 0.6 is 27.5 Å². The van der Waals surface area contributed by atoms with Gasteiger partial charge in [0.2, 0.25) is 6.29 Å². The summed E-state index contributed by atoms with van der Waals surface area (Å²) in [6.07, 6.45) is -4.07. The molecule has 0 amide bonds. The maximum Gasteiger partial charge on any atom is 0.229 e. The van der Waals surface area contributed by atoms with Gasteiger partial charge in [0, 0.05) is 10.7 Å². The average molecular weight is 393 g/mol. The third-order valence-electron chi connectivity index (χ3n) is 3.75. The molecule has 120 valence electrons. The Morgan fingerprint density at radius 3 is 2.68 bits per heavy atom. The zero-order valence-electron chi connectivity index (χ0n) is 11.5. The Morgan fingerprint density at radius 1 is 1.23 bits per heavy atom. The molecule has 6 nitrogen and oxygen atoms in total. The summed E-state index contributed by atoms with van der Waals surface area (Å²) in [6.45, 7) is 1.59. The van der Waals surface area contributed by atoms with Gasteiger partial charge in [-0.05, 0) is 35.0 Å². The number of ether oxygens (including phenoxy) is 2. The summed E-state index contributed by atoms with van der Waals surface area (Å²) in [5, 5.41) is 30.6. The van der Waals surface area contributed by atoms with Crippen LogP contribution in [0.1, 0.15) is 6.92 Å². The number of aromatic nitrogens is 1. The Hall–Kier alpha value is -0.830. The molecule has 0 aliphatic carbocycles. The number of rotatable bonds is 2. The number of aromatic amines is 1. The van der Waals surface area contributed by atoms with E-state index in [0.29, 0.717) is 20.6 Å². The van der Waals surface area contributed by atoms with Crippen molar-refractivity contribution in [3.05, 3.63) is 27.8 Å². The van der Waals surface area contributed by atoms with Crippen molar-refractivity contribution < 1.29 is 24.8 Å². The maximum absolute atomic E-state index is 10.0. The quantitative estimate of drug-likeness (QED) is 0.625. The molecule has 0 radical (unpaired) electrons. The first-order chi connectivity index (χ1) is 10.4. The molecule has 8 heteroatoms. The highest BCUT2D eigenvalue weighted by Crippen LogP contribution is 2.38. The van der Waals surface area contributed by atoms with E-state index in [1.165, 1.54) is 0 Å². The number of hydrogen-bond acceptors (Lipinski definition) is 5. The molecule has 5 atom stereocenters. The van der Waals surface area contributed by atoms with Crippen LogP contribution in [0.25, 0.3) is 10.9 Å². The smallest absolute Gasteiger partial charge is 0.229 e. The number of benzene rings is 1. The van der Waals surface area contributed by atoms with Gasteiger partial charge in [-0.15, -0.1) is 0 Å². The van der Waals surface area contributed by atoms with Crippen LogP contribution in [0.2, 0.25) is 5.02 Å². The number of aliphatic hydroxyl groups excluding tert-OH is 3. The highest BCUT2D eigenvalue weighted by Gasteiger charge is 2.43. The normalized spacial score (nSPS) is 32.4. The minimum atomic E-state index is -1.37. The Balaban J connectivity index is 1.92. The Labute approximate surface area is 139 Å². The van der Waals surface area contributed by atoms with E-state index in [1.807, 2.05) is 6.07 Å². The minimum Gasteiger partial charge on any atom is -0.460 e. The molecular weight excluding hydrogens is 378 g/mol. The van der Waals surface area contributed by atoms with Crippen LogP contribution in [0.3, 0.4) is 0 Å². The molecule has 0 spiro atoms. The van der Waals surface area contributed by atoms with Crippen molar-refractivity contribution in [1.82, 2.24) is 4.98 Å². The molecule has 2 heterocycles. The second-order valence-corrected chi connectivity index (χ2v) is 6.47. The van der Waals surface area contributed by atoms with Crippen LogP contribution in [-0.2, 0) is 4.74 Å². The van der Waals surface area contributed by atoms with Gasteiger partial charge in [-0.1, -0.05) is 11.6 Å². The topological polar surface area (TPSA) is 94.9 Å². The van der Waals surface area contributed by atoms with E-state index in [2.05, 4.69) is 20.9 Å². The fourth-order valence-corrected chi connectivity index (χ4v) is 3.04. The van der Waals surface area contributed by atoms with E-state index >= 15 is 0 Å². The lowest BCUT2D eigenvalue weighted by Crippen LogP contribution is -2.58. The summed E-state index contributed by atoms with van der Waals surface area (Å²) in [5.41, 5.74) is 0.766. The molecule has 0 saturated carbocycles. The summed E-state index contributed by atoms with van der Waals surface area (Å²) in [5.74, 6) is 0.390. The standard InChI is InChI=1S/C14H15BrClNO5/c1-5-11(18)12(19)13(20)14(21-5)22-8-4-17-7-3-2-6(15)10(16)9(7)8/h2-5,11-14,17-20H,1H3/t5-,11-,12+,13+,14+/m1/s1. The lowest BCUT2D eigenvalue weighted by Gasteiger charge is -2.38. The van der Waals surface area contributed by atoms with E-state index in [-0.39, 0.29) is 0 Å². The van der Waals surface area contributed by atoms with Crippen LogP contribution < -0.4 is 4.74 Å². The summed E-state index contributed by atoms with van der Waals surface area (Å²) in [4.78, 5) is 3.01. The van der Waals surface area contributed by atoms with Crippen molar-refractivity contribution >= 4 is 38.4 Å². The number of halogens is 2. The molecule has 1 fully saturated rings. The Bertz CT molecular complexity index is 693. The highest BCUT2D eigenvalue weighted by molar-refractivity contribution is 9.10. The van der Waals surface area contributed by atoms with E-state index in [1.54, 1.807) is 19.2 Å². The molecule has 1 aromatic carbocycles. The average Bonchev–Trinajstić information content (AvgIpc) is 2.90. The van der Waals surface area contributed by atoms with Crippen LogP contribution in [0.4, 0.5) is 0 Å². The van der Waals surface area contributed by atoms with Crippen molar-refractivity contribution in [2.75, 3.05) is 0 Å². The van der Waals surface area contributed by atoms with Gasteiger partial charge in [0.25, 0.3) is 0 Å². The van der Waals surface area contributed by atoms with Crippen molar-refractivity contribution in [3.63, 3.8) is 0 Å². The number of nitrogens with one attached hydrogen (secondary N) is 1. The van der Waals surface area contributed by atoms with Crippen molar-refractivity contribution in [2.24, 2.45) is 0 Å². The first-order valence-corrected chi connectivity index (χ1v) is 7.88. The third-order valence-corrected chi connectivity index (χ3v) is 5.03. The second kappa shape index (κ2) is 5.99.